The van der Waals surface area contributed by atoms with Crippen molar-refractivity contribution in [2.24, 2.45) is 4.99 Å². The summed E-state index contributed by atoms with van der Waals surface area (Å²) >= 11 is 0. The number of hydrogen-bond acceptors (Lipinski definition) is 4. The van der Waals surface area contributed by atoms with Crippen LogP contribution in [0.4, 0.5) is 0 Å². The van der Waals surface area contributed by atoms with Crippen LogP contribution in [0.5, 0.6) is 0 Å². The molecule has 0 saturated carbocycles. The standard InChI is InChI=1S/C24H22N2O3S/c1-2-26-23(24(27)19-13-7-4-8-14-19)22(25-17-18-11-5-3-6-12-18)20-15-9-10-16-21(20)30(26,28)29/h3-16,23H,2,17H2,1H3/t23-/m0/s1. The summed E-state index contributed by atoms with van der Waals surface area (Å²) in [7, 11) is -3.82. The van der Waals surface area contributed by atoms with Crippen molar-refractivity contribution >= 4 is 21.5 Å². The maximum Gasteiger partial charge on any atom is 0.244 e. The van der Waals surface area contributed by atoms with Crippen LogP contribution in [-0.4, -0.2) is 36.8 Å². The molecule has 3 aromatic rings. The summed E-state index contributed by atoms with van der Waals surface area (Å²) in [5, 5.41) is 0. The quantitative estimate of drug-likeness (QED) is 0.589. The molecule has 5 nitrogen and oxygen atoms in total. The fourth-order valence-electron chi connectivity index (χ4n) is 3.75. The normalized spacial score (nSPS) is 19.4. The summed E-state index contributed by atoms with van der Waals surface area (Å²) in [6.07, 6.45) is 0. The fourth-order valence-corrected chi connectivity index (χ4v) is 5.52. The molecule has 0 amide bonds. The van der Waals surface area contributed by atoms with Gasteiger partial charge in [-0.25, -0.2) is 8.42 Å². The van der Waals surface area contributed by atoms with Gasteiger partial charge >= 0.3 is 0 Å². The molecule has 1 aliphatic heterocycles. The maximum atomic E-state index is 13.5. The number of likely N-dealkylation sites (N-methyl/N-ethyl adjacent to an activating group) is 1. The van der Waals surface area contributed by atoms with E-state index in [9.17, 15) is 13.2 Å². The van der Waals surface area contributed by atoms with Gasteiger partial charge in [0.15, 0.2) is 5.78 Å². The number of aliphatic imine (C=N–C) groups is 1. The molecule has 3 aromatic carbocycles. The molecular weight excluding hydrogens is 396 g/mol. The molecule has 1 atom stereocenters. The second-order valence-corrected chi connectivity index (χ2v) is 8.88. The Morgan fingerprint density at radius 2 is 1.50 bits per heavy atom. The summed E-state index contributed by atoms with van der Waals surface area (Å²) in [6, 6.07) is 24.3. The molecule has 4 rings (SSSR count). The van der Waals surface area contributed by atoms with Crippen molar-refractivity contribution in [3.05, 3.63) is 102 Å². The number of nitrogens with zero attached hydrogens (tertiary/aromatic N) is 2. The largest absolute Gasteiger partial charge is 0.292 e. The van der Waals surface area contributed by atoms with E-state index in [4.69, 9.17) is 4.99 Å². The molecule has 6 heteroatoms. The number of ketones is 1. The van der Waals surface area contributed by atoms with Crippen LogP contribution in [0.25, 0.3) is 0 Å². The Morgan fingerprint density at radius 1 is 0.900 bits per heavy atom. The zero-order chi connectivity index (χ0) is 21.1. The predicted molar refractivity (Wildman–Crippen MR) is 117 cm³/mol. The number of rotatable bonds is 5. The average Bonchev–Trinajstić information content (AvgIpc) is 2.79. The van der Waals surface area contributed by atoms with Crippen molar-refractivity contribution < 1.29 is 13.2 Å². The Bertz CT molecular complexity index is 1190. The Morgan fingerprint density at radius 3 is 2.17 bits per heavy atom. The highest BCUT2D eigenvalue weighted by atomic mass is 32.2. The van der Waals surface area contributed by atoms with E-state index < -0.39 is 16.1 Å². The van der Waals surface area contributed by atoms with Gasteiger partial charge in [-0.05, 0) is 11.6 Å². The summed E-state index contributed by atoms with van der Waals surface area (Å²) in [4.78, 5) is 18.5. The van der Waals surface area contributed by atoms with E-state index in [2.05, 4.69) is 0 Å². The number of hydrogen-bond donors (Lipinski definition) is 0. The van der Waals surface area contributed by atoms with E-state index in [0.29, 0.717) is 23.4 Å². The number of Topliss-reactive ketones (excluding diaryl/α,β-unsaturated/α-hetero) is 1. The van der Waals surface area contributed by atoms with Crippen LogP contribution in [0.15, 0.2) is 94.8 Å². The van der Waals surface area contributed by atoms with Crippen LogP contribution >= 0.6 is 0 Å². The van der Waals surface area contributed by atoms with E-state index in [1.165, 1.54) is 4.31 Å². The predicted octanol–water partition coefficient (Wildman–Crippen LogP) is 3.95. The number of carbonyl (C=O) groups excluding carboxylic acids is 1. The van der Waals surface area contributed by atoms with E-state index in [1.807, 2.05) is 36.4 Å². The highest BCUT2D eigenvalue weighted by molar-refractivity contribution is 7.89. The maximum absolute atomic E-state index is 13.5. The highest BCUT2D eigenvalue weighted by Gasteiger charge is 2.45. The number of fused-ring (bicyclic) bond motifs is 1. The zero-order valence-corrected chi connectivity index (χ0v) is 17.4. The van der Waals surface area contributed by atoms with Gasteiger partial charge < -0.3 is 0 Å². The van der Waals surface area contributed by atoms with Gasteiger partial charge in [-0.2, -0.15) is 4.31 Å². The molecule has 152 valence electrons. The van der Waals surface area contributed by atoms with Gasteiger partial charge in [0.25, 0.3) is 0 Å². The van der Waals surface area contributed by atoms with Crippen LogP contribution in [0, 0.1) is 0 Å². The Balaban J connectivity index is 1.90. The Hall–Kier alpha value is -3.09. The first-order valence-electron chi connectivity index (χ1n) is 9.83. The molecule has 0 fully saturated rings. The minimum Gasteiger partial charge on any atom is -0.292 e. The summed E-state index contributed by atoms with van der Waals surface area (Å²) in [6.45, 7) is 2.27. The molecule has 0 saturated heterocycles. The van der Waals surface area contributed by atoms with Crippen molar-refractivity contribution in [1.29, 1.82) is 0 Å². The van der Waals surface area contributed by atoms with Crippen molar-refractivity contribution in [1.82, 2.24) is 4.31 Å². The van der Waals surface area contributed by atoms with Gasteiger partial charge in [0.05, 0.1) is 17.2 Å². The molecule has 30 heavy (non-hydrogen) atoms. The molecule has 0 spiro atoms. The number of carbonyl (C=O) groups is 1. The molecule has 0 aromatic heterocycles. The van der Waals surface area contributed by atoms with Gasteiger partial charge in [-0.1, -0.05) is 85.8 Å². The molecule has 0 unspecified atom stereocenters. The molecule has 1 heterocycles. The monoisotopic (exact) mass is 418 g/mol. The first kappa shape index (κ1) is 20.2. The third-order valence-corrected chi connectivity index (χ3v) is 7.19. The van der Waals surface area contributed by atoms with Gasteiger partial charge in [-0.3, -0.25) is 9.79 Å². The third-order valence-electron chi connectivity index (χ3n) is 5.19. The minimum atomic E-state index is -3.82. The van der Waals surface area contributed by atoms with Crippen LogP contribution in [0.3, 0.4) is 0 Å². The first-order valence-corrected chi connectivity index (χ1v) is 11.3. The van der Waals surface area contributed by atoms with E-state index in [-0.39, 0.29) is 17.2 Å². The number of benzene rings is 3. The molecule has 0 bridgehead atoms. The second kappa shape index (κ2) is 8.34. The summed E-state index contributed by atoms with van der Waals surface area (Å²) < 4.78 is 27.9. The van der Waals surface area contributed by atoms with Crippen LogP contribution in [0.1, 0.15) is 28.4 Å². The third kappa shape index (κ3) is 3.60. The van der Waals surface area contributed by atoms with Crippen molar-refractivity contribution in [2.45, 2.75) is 24.4 Å². The average molecular weight is 419 g/mol. The molecule has 0 aliphatic carbocycles. The van der Waals surface area contributed by atoms with E-state index in [0.717, 1.165) is 5.56 Å². The number of sulfonamides is 1. The molecule has 0 N–H and O–H groups in total. The van der Waals surface area contributed by atoms with E-state index in [1.54, 1.807) is 55.5 Å². The summed E-state index contributed by atoms with van der Waals surface area (Å²) in [5.41, 5.74) is 2.43. The van der Waals surface area contributed by atoms with Crippen molar-refractivity contribution in [3.8, 4) is 0 Å². The summed E-state index contributed by atoms with van der Waals surface area (Å²) in [5.74, 6) is -0.276. The van der Waals surface area contributed by atoms with Gasteiger partial charge in [-0.15, -0.1) is 0 Å². The first-order chi connectivity index (χ1) is 14.5. The lowest BCUT2D eigenvalue weighted by atomic mass is 9.94. The molecule has 0 radical (unpaired) electrons. The highest BCUT2D eigenvalue weighted by Crippen LogP contribution is 2.32. The second-order valence-electron chi connectivity index (χ2n) is 7.02. The molecular formula is C24H22N2O3S. The SMILES string of the molecule is CCN1[C@H](C(=O)c2ccccc2)C(=NCc2ccccc2)c2ccccc2S1(=O)=O. The molecule has 1 aliphatic rings. The van der Waals surface area contributed by atoms with Gasteiger partial charge in [0, 0.05) is 17.7 Å². The lowest BCUT2D eigenvalue weighted by Crippen LogP contribution is -2.53. The lowest BCUT2D eigenvalue weighted by molar-refractivity contribution is 0.0937. The fraction of sp³-hybridized carbons (Fsp3) is 0.167. The van der Waals surface area contributed by atoms with Crippen molar-refractivity contribution in [3.63, 3.8) is 0 Å². The topological polar surface area (TPSA) is 66.8 Å². The van der Waals surface area contributed by atoms with E-state index >= 15 is 0 Å². The van der Waals surface area contributed by atoms with Crippen molar-refractivity contribution in [2.75, 3.05) is 6.54 Å². The lowest BCUT2D eigenvalue weighted by Gasteiger charge is -2.35. The van der Waals surface area contributed by atoms with Crippen LogP contribution < -0.4 is 0 Å². The van der Waals surface area contributed by atoms with Crippen LogP contribution in [-0.2, 0) is 16.6 Å². The minimum absolute atomic E-state index is 0.171. The zero-order valence-electron chi connectivity index (χ0n) is 16.6. The van der Waals surface area contributed by atoms with Gasteiger partial charge in [0.1, 0.15) is 6.04 Å². The smallest absolute Gasteiger partial charge is 0.244 e. The Kier molecular flexibility index (Phi) is 5.61. The Labute approximate surface area is 176 Å². The van der Waals surface area contributed by atoms with Crippen LogP contribution in [0.2, 0.25) is 0 Å². The van der Waals surface area contributed by atoms with Gasteiger partial charge in [0.2, 0.25) is 10.0 Å².